The Balaban J connectivity index is 1.97. The van der Waals surface area contributed by atoms with Crippen molar-refractivity contribution < 1.29 is 4.79 Å². The minimum absolute atomic E-state index is 0.0836. The Labute approximate surface area is 124 Å². The van der Waals surface area contributed by atoms with E-state index in [2.05, 4.69) is 27.9 Å². The zero-order chi connectivity index (χ0) is 12.5. The zero-order valence-corrected chi connectivity index (χ0v) is 12.8. The number of carbonyl (C=O) groups is 1. The van der Waals surface area contributed by atoms with Gasteiger partial charge in [0.1, 0.15) is 0 Å². The van der Waals surface area contributed by atoms with E-state index in [0.29, 0.717) is 23.0 Å². The molecule has 0 aliphatic heterocycles. The van der Waals surface area contributed by atoms with E-state index in [4.69, 9.17) is 23.2 Å². The molecule has 0 saturated heterocycles. The van der Waals surface area contributed by atoms with Crippen molar-refractivity contribution >= 4 is 51.7 Å². The van der Waals surface area contributed by atoms with Crippen molar-refractivity contribution in [3.8, 4) is 0 Å². The maximum absolute atomic E-state index is 11.9. The number of rotatable bonds is 4. The highest BCUT2D eigenvalue weighted by molar-refractivity contribution is 14.1. The fourth-order valence-corrected chi connectivity index (χ4v) is 2.42. The zero-order valence-electron chi connectivity index (χ0n) is 9.10. The van der Waals surface area contributed by atoms with E-state index in [1.807, 2.05) is 6.07 Å². The average molecular weight is 384 g/mol. The van der Waals surface area contributed by atoms with E-state index in [9.17, 15) is 4.79 Å². The van der Waals surface area contributed by atoms with Gasteiger partial charge in [-0.1, -0.05) is 11.6 Å². The predicted octanol–water partition coefficient (Wildman–Crippen LogP) is 3.69. The maximum atomic E-state index is 11.9. The van der Waals surface area contributed by atoms with Gasteiger partial charge in [-0.3, -0.25) is 4.79 Å². The molecule has 0 spiro atoms. The summed E-state index contributed by atoms with van der Waals surface area (Å²) >= 11 is 14.0. The van der Waals surface area contributed by atoms with Gasteiger partial charge >= 0.3 is 0 Å². The molecule has 1 amide bonds. The molecule has 1 aromatic carbocycles. The summed E-state index contributed by atoms with van der Waals surface area (Å²) < 4.78 is 0.945. The molecule has 1 N–H and O–H groups in total. The van der Waals surface area contributed by atoms with Crippen molar-refractivity contribution in [2.24, 2.45) is 5.41 Å². The number of nitrogens with one attached hydrogen (secondary N) is 1. The standard InChI is InChI=1S/C12H12Cl2INO/c13-6-12(3-4-12)7-16-11(17)8-1-2-10(15)9(14)5-8/h1-2,5H,3-4,6-7H2,(H,16,17). The lowest BCUT2D eigenvalue weighted by molar-refractivity contribution is 0.0946. The second kappa shape index (κ2) is 5.33. The van der Waals surface area contributed by atoms with Gasteiger partial charge in [0.2, 0.25) is 0 Å². The molecule has 0 atom stereocenters. The molecule has 0 radical (unpaired) electrons. The van der Waals surface area contributed by atoms with Gasteiger partial charge in [0, 0.05) is 27.0 Å². The average Bonchev–Trinajstić information content (AvgIpc) is 3.10. The van der Waals surface area contributed by atoms with E-state index in [1.54, 1.807) is 12.1 Å². The Hall–Kier alpha value is -0.0000000000000000555. The van der Waals surface area contributed by atoms with Gasteiger partial charge in [-0.05, 0) is 53.6 Å². The Morgan fingerprint density at radius 2 is 2.18 bits per heavy atom. The molecule has 1 aromatic rings. The maximum Gasteiger partial charge on any atom is 0.251 e. The van der Waals surface area contributed by atoms with Gasteiger partial charge in [0.05, 0.1) is 5.02 Å². The van der Waals surface area contributed by atoms with Gasteiger partial charge in [-0.2, -0.15) is 0 Å². The number of halogens is 3. The summed E-state index contributed by atoms with van der Waals surface area (Å²) in [4.78, 5) is 11.9. The third-order valence-corrected chi connectivity index (χ3v) is 5.19. The molecule has 5 heteroatoms. The fraction of sp³-hybridized carbons (Fsp3) is 0.417. The Morgan fingerprint density at radius 1 is 1.47 bits per heavy atom. The highest BCUT2D eigenvalue weighted by atomic mass is 127. The van der Waals surface area contributed by atoms with Gasteiger partial charge < -0.3 is 5.32 Å². The Kier molecular flexibility index (Phi) is 4.21. The van der Waals surface area contributed by atoms with Crippen molar-refractivity contribution in [2.45, 2.75) is 12.8 Å². The van der Waals surface area contributed by atoms with Gasteiger partial charge in [0.15, 0.2) is 0 Å². The van der Waals surface area contributed by atoms with Crippen LogP contribution in [0.15, 0.2) is 18.2 Å². The molecule has 17 heavy (non-hydrogen) atoms. The minimum atomic E-state index is -0.0836. The summed E-state index contributed by atoms with van der Waals surface area (Å²) in [6.45, 7) is 0.652. The molecular weight excluding hydrogens is 372 g/mol. The second-order valence-corrected chi connectivity index (χ2v) is 6.28. The van der Waals surface area contributed by atoms with Crippen LogP contribution in [0.3, 0.4) is 0 Å². The first-order valence-electron chi connectivity index (χ1n) is 5.36. The molecule has 1 aliphatic rings. The van der Waals surface area contributed by atoms with E-state index in [1.165, 1.54) is 0 Å². The van der Waals surface area contributed by atoms with Crippen molar-refractivity contribution in [3.05, 3.63) is 32.4 Å². The normalized spacial score (nSPS) is 16.6. The third-order valence-electron chi connectivity index (χ3n) is 3.05. The van der Waals surface area contributed by atoms with E-state index < -0.39 is 0 Å². The molecule has 0 aromatic heterocycles. The molecule has 0 heterocycles. The predicted molar refractivity (Wildman–Crippen MR) is 78.9 cm³/mol. The molecule has 1 aliphatic carbocycles. The van der Waals surface area contributed by atoms with Gasteiger partial charge in [-0.25, -0.2) is 0 Å². The summed E-state index contributed by atoms with van der Waals surface area (Å²) in [5.41, 5.74) is 0.741. The van der Waals surface area contributed by atoms with Crippen LogP contribution in [0.2, 0.25) is 5.02 Å². The lowest BCUT2D eigenvalue weighted by Crippen LogP contribution is -2.31. The molecular formula is C12H12Cl2INO. The van der Waals surface area contributed by atoms with Crippen LogP contribution in [-0.2, 0) is 0 Å². The van der Waals surface area contributed by atoms with E-state index >= 15 is 0 Å². The van der Waals surface area contributed by atoms with E-state index in [0.717, 1.165) is 16.4 Å². The van der Waals surface area contributed by atoms with Crippen LogP contribution in [0.25, 0.3) is 0 Å². The summed E-state index contributed by atoms with van der Waals surface area (Å²) in [6.07, 6.45) is 2.20. The molecule has 0 bridgehead atoms. The topological polar surface area (TPSA) is 29.1 Å². The molecule has 92 valence electrons. The van der Waals surface area contributed by atoms with Gasteiger partial charge in [-0.15, -0.1) is 11.6 Å². The number of amides is 1. The van der Waals surface area contributed by atoms with Crippen molar-refractivity contribution in [1.82, 2.24) is 5.32 Å². The van der Waals surface area contributed by atoms with Gasteiger partial charge in [0.25, 0.3) is 5.91 Å². The smallest absolute Gasteiger partial charge is 0.251 e. The van der Waals surface area contributed by atoms with Crippen LogP contribution in [0.1, 0.15) is 23.2 Å². The number of hydrogen-bond donors (Lipinski definition) is 1. The quantitative estimate of drug-likeness (QED) is 0.623. The highest BCUT2D eigenvalue weighted by Gasteiger charge is 2.41. The number of hydrogen-bond acceptors (Lipinski definition) is 1. The number of carbonyl (C=O) groups excluding carboxylic acids is 1. The molecule has 1 saturated carbocycles. The second-order valence-electron chi connectivity index (χ2n) is 4.45. The summed E-state index contributed by atoms with van der Waals surface area (Å²) in [5.74, 6) is 0.528. The van der Waals surface area contributed by atoms with Crippen LogP contribution in [0.4, 0.5) is 0 Å². The number of benzene rings is 1. The first kappa shape index (κ1) is 13.4. The fourth-order valence-electron chi connectivity index (χ4n) is 1.54. The molecule has 2 rings (SSSR count). The summed E-state index contributed by atoms with van der Waals surface area (Å²) in [5, 5.41) is 3.52. The largest absolute Gasteiger partial charge is 0.351 e. The van der Waals surface area contributed by atoms with Crippen molar-refractivity contribution in [2.75, 3.05) is 12.4 Å². The Morgan fingerprint density at radius 3 is 2.71 bits per heavy atom. The third kappa shape index (κ3) is 3.26. The monoisotopic (exact) mass is 383 g/mol. The Bertz CT molecular complexity index is 446. The summed E-state index contributed by atoms with van der Waals surface area (Å²) in [7, 11) is 0. The van der Waals surface area contributed by atoms with Crippen LogP contribution in [0.5, 0.6) is 0 Å². The molecule has 2 nitrogen and oxygen atoms in total. The van der Waals surface area contributed by atoms with E-state index in [-0.39, 0.29) is 11.3 Å². The lowest BCUT2D eigenvalue weighted by atomic mass is 10.1. The van der Waals surface area contributed by atoms with Crippen LogP contribution < -0.4 is 5.32 Å². The lowest BCUT2D eigenvalue weighted by Gasteiger charge is -2.12. The summed E-state index contributed by atoms with van der Waals surface area (Å²) in [6, 6.07) is 5.31. The highest BCUT2D eigenvalue weighted by Crippen LogP contribution is 2.45. The van der Waals surface area contributed by atoms with Crippen molar-refractivity contribution in [3.63, 3.8) is 0 Å². The van der Waals surface area contributed by atoms with Crippen LogP contribution >= 0.6 is 45.8 Å². The molecule has 0 unspecified atom stereocenters. The van der Waals surface area contributed by atoms with Crippen LogP contribution in [-0.4, -0.2) is 18.3 Å². The molecule has 1 fully saturated rings. The van der Waals surface area contributed by atoms with Crippen LogP contribution in [0, 0.1) is 8.99 Å². The number of alkyl halides is 1. The first-order valence-corrected chi connectivity index (χ1v) is 7.35. The SMILES string of the molecule is O=C(NCC1(CCl)CC1)c1ccc(I)c(Cl)c1. The first-order chi connectivity index (χ1) is 8.06. The minimum Gasteiger partial charge on any atom is -0.351 e. The van der Waals surface area contributed by atoms with Crippen molar-refractivity contribution in [1.29, 1.82) is 0 Å².